The van der Waals surface area contributed by atoms with Gasteiger partial charge in [0.2, 0.25) is 5.91 Å². The van der Waals surface area contributed by atoms with Crippen LogP contribution in [0, 0.1) is 0 Å². The molecule has 96 valence electrons. The Morgan fingerprint density at radius 2 is 2.17 bits per heavy atom. The minimum Gasteiger partial charge on any atom is -0.380 e. The van der Waals surface area contributed by atoms with Gasteiger partial charge in [-0.15, -0.1) is 0 Å². The first-order chi connectivity index (χ1) is 8.69. The van der Waals surface area contributed by atoms with Gasteiger partial charge in [0.1, 0.15) is 0 Å². The Morgan fingerprint density at radius 1 is 1.44 bits per heavy atom. The van der Waals surface area contributed by atoms with E-state index in [-0.39, 0.29) is 12.0 Å². The van der Waals surface area contributed by atoms with E-state index in [4.69, 9.17) is 16.3 Å². The molecule has 0 aliphatic carbocycles. The zero-order valence-electron chi connectivity index (χ0n) is 10.3. The van der Waals surface area contributed by atoms with Gasteiger partial charge in [-0.1, -0.05) is 23.7 Å². The van der Waals surface area contributed by atoms with Crippen LogP contribution in [0.3, 0.4) is 0 Å². The summed E-state index contributed by atoms with van der Waals surface area (Å²) < 4.78 is 5.23. The van der Waals surface area contributed by atoms with E-state index in [2.05, 4.69) is 0 Å². The van der Waals surface area contributed by atoms with E-state index >= 15 is 0 Å². The second kappa shape index (κ2) is 6.03. The van der Waals surface area contributed by atoms with Crippen LogP contribution < -0.4 is 0 Å². The Hall–Kier alpha value is -1.32. The monoisotopic (exact) mass is 265 g/mol. The van der Waals surface area contributed by atoms with Crippen molar-refractivity contribution >= 4 is 23.6 Å². The van der Waals surface area contributed by atoms with Crippen LogP contribution >= 0.6 is 11.6 Å². The number of nitrogens with zero attached hydrogens (tertiary/aromatic N) is 1. The van der Waals surface area contributed by atoms with E-state index in [0.717, 1.165) is 18.5 Å². The highest BCUT2D eigenvalue weighted by atomic mass is 35.5. The molecule has 1 aromatic rings. The molecule has 1 amide bonds. The first-order valence-electron chi connectivity index (χ1n) is 5.94. The lowest BCUT2D eigenvalue weighted by atomic mass is 10.2. The van der Waals surface area contributed by atoms with E-state index in [9.17, 15) is 4.79 Å². The fraction of sp³-hybridized carbons (Fsp3) is 0.357. The number of carbonyl (C=O) groups excluding carboxylic acids is 1. The minimum atomic E-state index is 0.0319. The third kappa shape index (κ3) is 3.34. The summed E-state index contributed by atoms with van der Waals surface area (Å²) in [4.78, 5) is 13.7. The zero-order chi connectivity index (χ0) is 13.0. The number of amides is 1. The maximum absolute atomic E-state index is 11.9. The molecule has 3 nitrogen and oxygen atoms in total. The lowest BCUT2D eigenvalue weighted by molar-refractivity contribution is -0.125. The second-order valence-corrected chi connectivity index (χ2v) is 4.75. The zero-order valence-corrected chi connectivity index (χ0v) is 11.1. The maximum atomic E-state index is 11.9. The van der Waals surface area contributed by atoms with Crippen LogP contribution in [0.5, 0.6) is 0 Å². The summed E-state index contributed by atoms with van der Waals surface area (Å²) in [5.74, 6) is 0.0319. The van der Waals surface area contributed by atoms with Gasteiger partial charge in [0, 0.05) is 31.3 Å². The van der Waals surface area contributed by atoms with Crippen molar-refractivity contribution in [1.82, 2.24) is 4.90 Å². The van der Waals surface area contributed by atoms with Crippen molar-refractivity contribution in [2.75, 3.05) is 20.2 Å². The van der Waals surface area contributed by atoms with E-state index in [0.29, 0.717) is 11.6 Å². The number of hydrogen-bond acceptors (Lipinski definition) is 2. The summed E-state index contributed by atoms with van der Waals surface area (Å²) >= 11 is 5.80. The van der Waals surface area contributed by atoms with Gasteiger partial charge in [-0.2, -0.15) is 0 Å². The summed E-state index contributed by atoms with van der Waals surface area (Å²) in [6.07, 6.45) is 4.50. The molecule has 1 saturated heterocycles. The molecule has 0 saturated carbocycles. The predicted molar refractivity (Wildman–Crippen MR) is 72.5 cm³/mol. The molecule has 4 heteroatoms. The molecule has 18 heavy (non-hydrogen) atoms. The highest BCUT2D eigenvalue weighted by molar-refractivity contribution is 6.30. The van der Waals surface area contributed by atoms with Crippen LogP contribution in [0.4, 0.5) is 0 Å². The van der Waals surface area contributed by atoms with Crippen molar-refractivity contribution < 1.29 is 9.53 Å². The number of rotatable bonds is 3. The van der Waals surface area contributed by atoms with Crippen LogP contribution in [-0.2, 0) is 9.53 Å². The molecule has 1 atom stereocenters. The Bertz CT molecular complexity index is 442. The van der Waals surface area contributed by atoms with Crippen molar-refractivity contribution in [3.05, 3.63) is 40.9 Å². The third-order valence-corrected chi connectivity index (χ3v) is 3.33. The molecule has 0 spiro atoms. The number of halogens is 1. The van der Waals surface area contributed by atoms with Gasteiger partial charge in [0.25, 0.3) is 0 Å². The molecule has 0 unspecified atom stereocenters. The van der Waals surface area contributed by atoms with Crippen LogP contribution in [0.15, 0.2) is 30.3 Å². The van der Waals surface area contributed by atoms with E-state index in [1.165, 1.54) is 0 Å². The molecule has 0 radical (unpaired) electrons. The van der Waals surface area contributed by atoms with Crippen LogP contribution in [0.2, 0.25) is 5.02 Å². The third-order valence-electron chi connectivity index (χ3n) is 3.08. The minimum absolute atomic E-state index is 0.0319. The lowest BCUT2D eigenvalue weighted by Crippen LogP contribution is -2.28. The molecule has 1 heterocycles. The summed E-state index contributed by atoms with van der Waals surface area (Å²) in [5.41, 5.74) is 0.968. The van der Waals surface area contributed by atoms with Crippen LogP contribution in [0.1, 0.15) is 12.0 Å². The van der Waals surface area contributed by atoms with Crippen molar-refractivity contribution in [2.45, 2.75) is 12.5 Å². The Morgan fingerprint density at radius 3 is 2.78 bits per heavy atom. The van der Waals surface area contributed by atoms with E-state index < -0.39 is 0 Å². The Balaban J connectivity index is 1.93. The Labute approximate surface area is 112 Å². The van der Waals surface area contributed by atoms with E-state index in [1.807, 2.05) is 24.3 Å². The predicted octanol–water partition coefficient (Wildman–Crippen LogP) is 2.60. The first-order valence-corrected chi connectivity index (χ1v) is 6.32. The molecule has 2 rings (SSSR count). The molecular formula is C14H16ClNO2. The van der Waals surface area contributed by atoms with Crippen LogP contribution in [0.25, 0.3) is 6.08 Å². The van der Waals surface area contributed by atoms with Gasteiger partial charge in [-0.3, -0.25) is 4.79 Å². The highest BCUT2D eigenvalue weighted by Crippen LogP contribution is 2.14. The molecular weight excluding hydrogens is 250 g/mol. The number of hydrogen-bond donors (Lipinski definition) is 0. The summed E-state index contributed by atoms with van der Waals surface area (Å²) in [6, 6.07) is 7.38. The average Bonchev–Trinajstić information content (AvgIpc) is 2.86. The van der Waals surface area contributed by atoms with Gasteiger partial charge in [-0.05, 0) is 30.2 Å². The molecule has 1 aliphatic rings. The summed E-state index contributed by atoms with van der Waals surface area (Å²) in [6.45, 7) is 1.45. The van der Waals surface area contributed by atoms with Crippen molar-refractivity contribution in [2.24, 2.45) is 0 Å². The number of carbonyl (C=O) groups is 1. The number of methoxy groups -OCH3 is 1. The summed E-state index contributed by atoms with van der Waals surface area (Å²) in [5, 5.41) is 0.695. The second-order valence-electron chi connectivity index (χ2n) is 4.32. The van der Waals surface area contributed by atoms with Gasteiger partial charge in [0.05, 0.1) is 6.10 Å². The molecule has 1 fully saturated rings. The fourth-order valence-corrected chi connectivity index (χ4v) is 2.09. The smallest absolute Gasteiger partial charge is 0.246 e. The van der Waals surface area contributed by atoms with Crippen molar-refractivity contribution in [1.29, 1.82) is 0 Å². The standard InChI is InChI=1S/C14H16ClNO2/c1-18-13-8-9-16(10-13)14(17)7-4-11-2-5-12(15)6-3-11/h2-7,13H,8-10H2,1H3/b7-4+/t13-/m1/s1. The first kappa shape index (κ1) is 13.1. The summed E-state index contributed by atoms with van der Waals surface area (Å²) in [7, 11) is 1.68. The molecule has 0 bridgehead atoms. The van der Waals surface area contributed by atoms with Gasteiger partial charge in [0.15, 0.2) is 0 Å². The quantitative estimate of drug-likeness (QED) is 0.787. The molecule has 1 aromatic carbocycles. The van der Waals surface area contributed by atoms with Gasteiger partial charge in [-0.25, -0.2) is 0 Å². The van der Waals surface area contributed by atoms with Crippen molar-refractivity contribution in [3.63, 3.8) is 0 Å². The highest BCUT2D eigenvalue weighted by Gasteiger charge is 2.24. The fourth-order valence-electron chi connectivity index (χ4n) is 1.97. The maximum Gasteiger partial charge on any atom is 0.246 e. The topological polar surface area (TPSA) is 29.5 Å². The average molecular weight is 266 g/mol. The largest absolute Gasteiger partial charge is 0.380 e. The number of benzene rings is 1. The van der Waals surface area contributed by atoms with Crippen LogP contribution in [-0.4, -0.2) is 37.1 Å². The van der Waals surface area contributed by atoms with Crippen molar-refractivity contribution in [3.8, 4) is 0 Å². The normalized spacial score (nSPS) is 19.7. The Kier molecular flexibility index (Phi) is 4.39. The molecule has 1 aliphatic heterocycles. The number of likely N-dealkylation sites (tertiary alicyclic amines) is 1. The molecule has 0 aromatic heterocycles. The van der Waals surface area contributed by atoms with E-state index in [1.54, 1.807) is 24.2 Å². The SMILES string of the molecule is CO[C@@H]1CCN(C(=O)/C=C/c2ccc(Cl)cc2)C1. The molecule has 0 N–H and O–H groups in total. The number of ether oxygens (including phenoxy) is 1. The van der Waals surface area contributed by atoms with Gasteiger partial charge < -0.3 is 9.64 Å². The lowest BCUT2D eigenvalue weighted by Gasteiger charge is -2.13. The van der Waals surface area contributed by atoms with Gasteiger partial charge >= 0.3 is 0 Å².